The maximum absolute atomic E-state index is 13.0. The molecule has 0 heterocycles. The number of hydrogen-bond acceptors (Lipinski definition) is 4. The highest BCUT2D eigenvalue weighted by Crippen LogP contribution is 2.31. The van der Waals surface area contributed by atoms with Crippen molar-refractivity contribution < 1.29 is 19.2 Å². The van der Waals surface area contributed by atoms with Crippen molar-refractivity contribution in [3.05, 3.63) is 118 Å². The van der Waals surface area contributed by atoms with Crippen LogP contribution in [0.25, 0.3) is 0 Å². The Morgan fingerprint density at radius 1 is 0.477 bits per heavy atom. The van der Waals surface area contributed by atoms with Gasteiger partial charge in [-0.15, -0.1) is 0 Å². The molecule has 4 N–H and O–H groups in total. The minimum atomic E-state index is -0.317. The molecule has 4 amide bonds. The summed E-state index contributed by atoms with van der Waals surface area (Å²) < 4.78 is 0. The summed E-state index contributed by atoms with van der Waals surface area (Å²) in [6.45, 7) is 0. The van der Waals surface area contributed by atoms with Crippen molar-refractivity contribution in [2.24, 2.45) is 11.8 Å². The van der Waals surface area contributed by atoms with Crippen LogP contribution in [0.2, 0.25) is 10.0 Å². The highest BCUT2D eigenvalue weighted by atomic mass is 35.5. The van der Waals surface area contributed by atoms with Crippen molar-refractivity contribution in [3.8, 4) is 0 Å². The minimum Gasteiger partial charge on any atom is -0.326 e. The van der Waals surface area contributed by atoms with Crippen LogP contribution >= 0.6 is 23.2 Å². The molecule has 5 rings (SSSR count). The van der Waals surface area contributed by atoms with Crippen LogP contribution in [0.1, 0.15) is 46.4 Å². The number of carbonyl (C=O) groups is 4. The Morgan fingerprint density at radius 3 is 1.18 bits per heavy atom. The Morgan fingerprint density at radius 2 is 0.818 bits per heavy atom. The van der Waals surface area contributed by atoms with Crippen molar-refractivity contribution in [3.63, 3.8) is 0 Å². The molecular weight excluding hydrogens is 599 g/mol. The average molecular weight is 630 g/mol. The number of carbonyl (C=O) groups excluding carboxylic acids is 4. The first-order valence-electron chi connectivity index (χ1n) is 14.2. The maximum atomic E-state index is 13.0. The van der Waals surface area contributed by atoms with E-state index in [2.05, 4.69) is 21.3 Å². The number of nitrogens with one attached hydrogen (secondary N) is 4. The van der Waals surface area contributed by atoms with Crippen LogP contribution in [0.5, 0.6) is 0 Å². The zero-order valence-corrected chi connectivity index (χ0v) is 25.1. The summed E-state index contributed by atoms with van der Waals surface area (Å²) in [5.41, 5.74) is 2.98. The van der Waals surface area contributed by atoms with E-state index in [-0.39, 0.29) is 35.5 Å². The van der Waals surface area contributed by atoms with Gasteiger partial charge in [0.1, 0.15) is 0 Å². The van der Waals surface area contributed by atoms with E-state index < -0.39 is 0 Å². The lowest BCUT2D eigenvalue weighted by atomic mass is 9.81. The fraction of sp³-hybridized carbons (Fsp3) is 0.176. The number of anilines is 4. The number of halogens is 2. The number of rotatable bonds is 8. The third-order valence-corrected chi connectivity index (χ3v) is 7.89. The Labute approximate surface area is 265 Å². The molecule has 1 saturated carbocycles. The highest BCUT2D eigenvalue weighted by Gasteiger charge is 2.30. The largest absolute Gasteiger partial charge is 0.326 e. The molecule has 1 aliphatic carbocycles. The van der Waals surface area contributed by atoms with Crippen LogP contribution < -0.4 is 21.3 Å². The van der Waals surface area contributed by atoms with Crippen LogP contribution in [0.4, 0.5) is 22.7 Å². The molecule has 0 radical (unpaired) electrons. The first-order chi connectivity index (χ1) is 21.2. The first kappa shape index (κ1) is 30.8. The predicted octanol–water partition coefficient (Wildman–Crippen LogP) is 7.88. The second-order valence-corrected chi connectivity index (χ2v) is 11.5. The quantitative estimate of drug-likeness (QED) is 0.159. The van der Waals surface area contributed by atoms with E-state index in [9.17, 15) is 19.2 Å². The van der Waals surface area contributed by atoms with Gasteiger partial charge >= 0.3 is 0 Å². The summed E-state index contributed by atoms with van der Waals surface area (Å²) in [4.78, 5) is 51.5. The van der Waals surface area contributed by atoms with E-state index in [0.717, 1.165) is 0 Å². The lowest BCUT2D eigenvalue weighted by Gasteiger charge is -2.27. The average Bonchev–Trinajstić information content (AvgIpc) is 3.01. The smallest absolute Gasteiger partial charge is 0.255 e. The van der Waals surface area contributed by atoms with Gasteiger partial charge in [-0.25, -0.2) is 0 Å². The predicted molar refractivity (Wildman–Crippen MR) is 174 cm³/mol. The molecule has 0 unspecified atom stereocenters. The fourth-order valence-corrected chi connectivity index (χ4v) is 5.50. The summed E-state index contributed by atoms with van der Waals surface area (Å²) in [5, 5.41) is 12.5. The second kappa shape index (κ2) is 14.2. The molecule has 1 aliphatic rings. The molecule has 10 heteroatoms. The summed E-state index contributed by atoms with van der Waals surface area (Å²) >= 11 is 12.0. The SMILES string of the molecule is O=C(Nc1cccc(Cl)c1)c1cccc(NC(=O)C2CCC(C(=O)Nc3cccc(C(=O)Nc4cccc(Cl)c4)c3)CC2)c1. The number of benzene rings is 4. The molecule has 1 fully saturated rings. The van der Waals surface area contributed by atoms with E-state index in [0.29, 0.717) is 69.6 Å². The Bertz CT molecular complexity index is 1580. The summed E-state index contributed by atoms with van der Waals surface area (Å²) in [6.07, 6.45) is 2.23. The number of amides is 4. The third-order valence-electron chi connectivity index (χ3n) is 7.42. The molecular formula is C34H30Cl2N4O4. The van der Waals surface area contributed by atoms with E-state index in [4.69, 9.17) is 23.2 Å². The molecule has 0 saturated heterocycles. The minimum absolute atomic E-state index is 0.144. The van der Waals surface area contributed by atoms with E-state index >= 15 is 0 Å². The van der Waals surface area contributed by atoms with Gasteiger partial charge in [-0.3, -0.25) is 19.2 Å². The van der Waals surface area contributed by atoms with Crippen molar-refractivity contribution in [2.45, 2.75) is 25.7 Å². The van der Waals surface area contributed by atoms with Crippen molar-refractivity contribution in [1.29, 1.82) is 0 Å². The van der Waals surface area contributed by atoms with Gasteiger partial charge in [0.2, 0.25) is 11.8 Å². The van der Waals surface area contributed by atoms with Gasteiger partial charge in [0, 0.05) is 55.8 Å². The fourth-order valence-electron chi connectivity index (χ4n) is 5.12. The van der Waals surface area contributed by atoms with Crippen LogP contribution in [0, 0.1) is 11.8 Å². The van der Waals surface area contributed by atoms with Crippen molar-refractivity contribution >= 4 is 69.6 Å². The molecule has 0 atom stereocenters. The first-order valence-corrected chi connectivity index (χ1v) is 14.9. The molecule has 4 aromatic rings. The highest BCUT2D eigenvalue weighted by molar-refractivity contribution is 6.31. The summed E-state index contributed by atoms with van der Waals surface area (Å²) in [7, 11) is 0. The summed E-state index contributed by atoms with van der Waals surface area (Å²) in [5.74, 6) is -1.42. The molecule has 0 bridgehead atoms. The summed E-state index contributed by atoms with van der Waals surface area (Å²) in [6, 6.07) is 27.2. The topological polar surface area (TPSA) is 116 Å². The zero-order chi connectivity index (χ0) is 31.1. The Balaban J connectivity index is 1.11. The van der Waals surface area contributed by atoms with Crippen molar-refractivity contribution in [2.75, 3.05) is 21.3 Å². The van der Waals surface area contributed by atoms with Gasteiger partial charge in [0.15, 0.2) is 0 Å². The second-order valence-electron chi connectivity index (χ2n) is 10.6. The molecule has 0 spiro atoms. The lowest BCUT2D eigenvalue weighted by Crippen LogP contribution is -2.32. The van der Waals surface area contributed by atoms with Crippen molar-refractivity contribution in [1.82, 2.24) is 0 Å². The van der Waals surface area contributed by atoms with Crippen LogP contribution in [0.3, 0.4) is 0 Å². The molecule has 224 valence electrons. The third kappa shape index (κ3) is 8.24. The van der Waals surface area contributed by atoms with Gasteiger partial charge in [0.05, 0.1) is 0 Å². The van der Waals surface area contributed by atoms with E-state index in [1.807, 2.05) is 0 Å². The van der Waals surface area contributed by atoms with E-state index in [1.165, 1.54) is 0 Å². The van der Waals surface area contributed by atoms with Gasteiger partial charge < -0.3 is 21.3 Å². The molecule has 0 aromatic heterocycles. The van der Waals surface area contributed by atoms with Gasteiger partial charge in [-0.1, -0.05) is 47.5 Å². The van der Waals surface area contributed by atoms with Gasteiger partial charge in [-0.05, 0) is 98.5 Å². The lowest BCUT2D eigenvalue weighted by molar-refractivity contribution is -0.125. The van der Waals surface area contributed by atoms with Crippen LogP contribution in [0.15, 0.2) is 97.1 Å². The van der Waals surface area contributed by atoms with Crippen LogP contribution in [-0.4, -0.2) is 23.6 Å². The van der Waals surface area contributed by atoms with Gasteiger partial charge in [-0.2, -0.15) is 0 Å². The molecule has 0 aliphatic heterocycles. The Hall–Kier alpha value is -4.66. The molecule has 44 heavy (non-hydrogen) atoms. The van der Waals surface area contributed by atoms with Crippen LogP contribution in [-0.2, 0) is 9.59 Å². The van der Waals surface area contributed by atoms with Gasteiger partial charge in [0.25, 0.3) is 11.8 Å². The maximum Gasteiger partial charge on any atom is 0.255 e. The standard InChI is InChI=1S/C34H30Cl2N4O4/c35-25-7-3-11-29(19-25)39-33(43)23-5-1-9-27(17-23)37-31(41)21-13-15-22(16-14-21)32(42)38-28-10-2-6-24(18-28)34(44)40-30-12-4-8-26(36)20-30/h1-12,17-22H,13-16H2,(H,37,41)(H,38,42)(H,39,43)(H,40,44). The molecule has 8 nitrogen and oxygen atoms in total. The normalized spacial score (nSPS) is 16.0. The monoisotopic (exact) mass is 628 g/mol. The number of hydrogen-bond donors (Lipinski definition) is 4. The molecule has 4 aromatic carbocycles. The van der Waals surface area contributed by atoms with E-state index in [1.54, 1.807) is 97.1 Å². The Kier molecular flexibility index (Phi) is 9.94. The zero-order valence-electron chi connectivity index (χ0n) is 23.6.